The Morgan fingerprint density at radius 3 is 2.71 bits per heavy atom. The largest absolute Gasteiger partial charge is 0.362 e. The predicted molar refractivity (Wildman–Crippen MR) is 57.5 cm³/mol. The van der Waals surface area contributed by atoms with Gasteiger partial charge in [0.2, 0.25) is 0 Å². The fraction of sp³-hybridized carbons (Fsp3) is 0.417. The molecular formula is C12H15NO. The average Bonchev–Trinajstić information content (AvgIpc) is 2.30. The zero-order valence-electron chi connectivity index (χ0n) is 8.23. The Balaban J connectivity index is 2.19. The molecule has 1 heterocycles. The van der Waals surface area contributed by atoms with Gasteiger partial charge in [0.25, 0.3) is 0 Å². The Bertz CT molecular complexity index is 296. The molecule has 1 saturated heterocycles. The van der Waals surface area contributed by atoms with Gasteiger partial charge in [0.1, 0.15) is 6.29 Å². The van der Waals surface area contributed by atoms with Gasteiger partial charge >= 0.3 is 0 Å². The van der Waals surface area contributed by atoms with Gasteiger partial charge in [-0.05, 0) is 31.4 Å². The molecule has 1 atom stereocenters. The summed E-state index contributed by atoms with van der Waals surface area (Å²) in [5, 5.41) is 0. The molecule has 0 aromatic heterocycles. The minimum atomic E-state index is 0.0890. The van der Waals surface area contributed by atoms with Crippen LogP contribution in [-0.2, 0) is 4.79 Å². The lowest BCUT2D eigenvalue weighted by Gasteiger charge is -2.34. The van der Waals surface area contributed by atoms with Crippen molar-refractivity contribution in [1.82, 2.24) is 0 Å². The highest BCUT2D eigenvalue weighted by molar-refractivity contribution is 5.66. The molecule has 1 aromatic carbocycles. The highest BCUT2D eigenvalue weighted by Gasteiger charge is 2.21. The first-order chi connectivity index (χ1) is 6.92. The molecule has 1 aliphatic heterocycles. The smallest absolute Gasteiger partial charge is 0.142 e. The van der Waals surface area contributed by atoms with Crippen LogP contribution in [0.25, 0.3) is 0 Å². The summed E-state index contributed by atoms with van der Waals surface area (Å²) in [7, 11) is 0. The number of benzene rings is 1. The van der Waals surface area contributed by atoms with Gasteiger partial charge in [0.15, 0.2) is 0 Å². The van der Waals surface area contributed by atoms with E-state index < -0.39 is 0 Å². The average molecular weight is 189 g/mol. The molecule has 2 nitrogen and oxygen atoms in total. The topological polar surface area (TPSA) is 20.3 Å². The van der Waals surface area contributed by atoms with Crippen LogP contribution < -0.4 is 4.90 Å². The molecule has 0 saturated carbocycles. The minimum Gasteiger partial charge on any atom is -0.362 e. The number of anilines is 1. The molecular weight excluding hydrogens is 174 g/mol. The van der Waals surface area contributed by atoms with E-state index in [-0.39, 0.29) is 6.04 Å². The number of para-hydroxylation sites is 1. The van der Waals surface area contributed by atoms with Crippen LogP contribution in [0.5, 0.6) is 0 Å². The van der Waals surface area contributed by atoms with E-state index in [9.17, 15) is 4.79 Å². The summed E-state index contributed by atoms with van der Waals surface area (Å²) in [6.07, 6.45) is 4.44. The number of carbonyl (C=O) groups excluding carboxylic acids is 1. The summed E-state index contributed by atoms with van der Waals surface area (Å²) in [5.41, 5.74) is 1.17. The molecule has 1 unspecified atom stereocenters. The Morgan fingerprint density at radius 1 is 1.21 bits per heavy atom. The zero-order valence-corrected chi connectivity index (χ0v) is 8.23. The maximum absolute atomic E-state index is 10.9. The molecule has 0 N–H and O–H groups in total. The van der Waals surface area contributed by atoms with Crippen molar-refractivity contribution in [2.75, 3.05) is 11.4 Å². The summed E-state index contributed by atoms with van der Waals surface area (Å²) in [6.45, 7) is 1.01. The highest BCUT2D eigenvalue weighted by Crippen LogP contribution is 2.23. The molecule has 74 valence electrons. The molecule has 0 radical (unpaired) electrons. The molecule has 14 heavy (non-hydrogen) atoms. The van der Waals surface area contributed by atoms with Crippen molar-refractivity contribution in [2.24, 2.45) is 0 Å². The van der Waals surface area contributed by atoms with E-state index in [1.807, 2.05) is 18.2 Å². The van der Waals surface area contributed by atoms with Crippen molar-refractivity contribution in [3.8, 4) is 0 Å². The third kappa shape index (κ3) is 1.79. The van der Waals surface area contributed by atoms with Crippen LogP contribution in [0.3, 0.4) is 0 Å². The van der Waals surface area contributed by atoms with Gasteiger partial charge in [0, 0.05) is 12.2 Å². The first-order valence-corrected chi connectivity index (χ1v) is 5.19. The first kappa shape index (κ1) is 9.25. The van der Waals surface area contributed by atoms with E-state index in [1.54, 1.807) is 0 Å². The van der Waals surface area contributed by atoms with E-state index in [4.69, 9.17) is 0 Å². The van der Waals surface area contributed by atoms with Crippen LogP contribution in [0, 0.1) is 0 Å². The molecule has 2 rings (SSSR count). The first-order valence-electron chi connectivity index (χ1n) is 5.19. The van der Waals surface area contributed by atoms with E-state index in [1.165, 1.54) is 18.5 Å². The number of rotatable bonds is 2. The van der Waals surface area contributed by atoms with Crippen molar-refractivity contribution in [3.63, 3.8) is 0 Å². The number of carbonyl (C=O) groups is 1. The fourth-order valence-corrected chi connectivity index (χ4v) is 2.04. The summed E-state index contributed by atoms with van der Waals surface area (Å²) in [6, 6.07) is 10.3. The Morgan fingerprint density at radius 2 is 2.00 bits per heavy atom. The predicted octanol–water partition coefficient (Wildman–Crippen LogP) is 2.24. The third-order valence-corrected chi connectivity index (χ3v) is 2.79. The maximum Gasteiger partial charge on any atom is 0.142 e. The van der Waals surface area contributed by atoms with Gasteiger partial charge in [-0.2, -0.15) is 0 Å². The summed E-state index contributed by atoms with van der Waals surface area (Å²) in [5.74, 6) is 0. The Hall–Kier alpha value is -1.31. The second-order valence-corrected chi connectivity index (χ2v) is 3.73. The lowest BCUT2D eigenvalue weighted by molar-refractivity contribution is -0.109. The summed E-state index contributed by atoms with van der Waals surface area (Å²) < 4.78 is 0. The van der Waals surface area contributed by atoms with Crippen molar-refractivity contribution in [3.05, 3.63) is 30.3 Å². The number of aldehydes is 1. The van der Waals surface area contributed by atoms with E-state index in [0.29, 0.717) is 0 Å². The second-order valence-electron chi connectivity index (χ2n) is 3.73. The lowest BCUT2D eigenvalue weighted by atomic mass is 10.0. The van der Waals surface area contributed by atoms with Crippen LogP contribution >= 0.6 is 0 Å². The minimum absolute atomic E-state index is 0.0890. The number of nitrogens with zero attached hydrogens (tertiary/aromatic N) is 1. The molecule has 0 spiro atoms. The highest BCUT2D eigenvalue weighted by atomic mass is 16.1. The monoisotopic (exact) mass is 189 g/mol. The molecule has 2 heteroatoms. The van der Waals surface area contributed by atoms with Gasteiger partial charge in [-0.3, -0.25) is 0 Å². The van der Waals surface area contributed by atoms with Gasteiger partial charge in [0.05, 0.1) is 6.04 Å². The zero-order chi connectivity index (χ0) is 9.80. The van der Waals surface area contributed by atoms with Gasteiger partial charge in [-0.15, -0.1) is 0 Å². The van der Waals surface area contributed by atoms with Gasteiger partial charge in [-0.25, -0.2) is 0 Å². The maximum atomic E-state index is 10.9. The number of hydrogen-bond donors (Lipinski definition) is 0. The van der Waals surface area contributed by atoms with Gasteiger partial charge in [-0.1, -0.05) is 18.2 Å². The third-order valence-electron chi connectivity index (χ3n) is 2.79. The number of hydrogen-bond acceptors (Lipinski definition) is 2. The molecule has 0 amide bonds. The molecule has 0 aliphatic carbocycles. The molecule has 1 aromatic rings. The fourth-order valence-electron chi connectivity index (χ4n) is 2.04. The van der Waals surface area contributed by atoms with Crippen molar-refractivity contribution >= 4 is 12.0 Å². The Kier molecular flexibility index (Phi) is 2.82. The lowest BCUT2D eigenvalue weighted by Crippen LogP contribution is -2.40. The quantitative estimate of drug-likeness (QED) is 0.665. The van der Waals surface area contributed by atoms with Crippen molar-refractivity contribution in [1.29, 1.82) is 0 Å². The van der Waals surface area contributed by atoms with E-state index in [2.05, 4.69) is 17.0 Å². The van der Waals surface area contributed by atoms with Crippen LogP contribution in [0.1, 0.15) is 19.3 Å². The standard InChI is InChI=1S/C12H15NO/c14-10-12-8-4-5-9-13(12)11-6-2-1-3-7-11/h1-3,6-7,10,12H,4-5,8-9H2. The molecule has 0 bridgehead atoms. The van der Waals surface area contributed by atoms with Crippen molar-refractivity contribution in [2.45, 2.75) is 25.3 Å². The van der Waals surface area contributed by atoms with E-state index in [0.717, 1.165) is 19.3 Å². The molecule has 1 aliphatic rings. The van der Waals surface area contributed by atoms with Crippen molar-refractivity contribution < 1.29 is 4.79 Å². The normalized spacial score (nSPS) is 22.0. The van der Waals surface area contributed by atoms with Crippen LogP contribution in [0.15, 0.2) is 30.3 Å². The SMILES string of the molecule is O=CC1CCCCN1c1ccccc1. The Labute approximate surface area is 84.5 Å². The van der Waals surface area contributed by atoms with Crippen LogP contribution in [0.4, 0.5) is 5.69 Å². The second kappa shape index (κ2) is 4.27. The van der Waals surface area contributed by atoms with E-state index >= 15 is 0 Å². The van der Waals surface area contributed by atoms with Crippen LogP contribution in [-0.4, -0.2) is 18.9 Å². The van der Waals surface area contributed by atoms with Gasteiger partial charge < -0.3 is 9.69 Å². The number of piperidine rings is 1. The summed E-state index contributed by atoms with van der Waals surface area (Å²) >= 11 is 0. The summed E-state index contributed by atoms with van der Waals surface area (Å²) in [4.78, 5) is 13.1. The molecule has 1 fully saturated rings. The van der Waals surface area contributed by atoms with Crippen LogP contribution in [0.2, 0.25) is 0 Å².